The van der Waals surface area contributed by atoms with Crippen LogP contribution in [0.2, 0.25) is 0 Å². The van der Waals surface area contributed by atoms with Crippen LogP contribution >= 0.6 is 0 Å². The van der Waals surface area contributed by atoms with Gasteiger partial charge < -0.3 is 14.8 Å². The first-order chi connectivity index (χ1) is 13.9. The van der Waals surface area contributed by atoms with E-state index >= 15 is 0 Å². The van der Waals surface area contributed by atoms with Crippen LogP contribution in [0, 0.1) is 0 Å². The van der Waals surface area contributed by atoms with Crippen molar-refractivity contribution in [3.8, 4) is 22.8 Å². The fourth-order valence-electron chi connectivity index (χ4n) is 3.52. The van der Waals surface area contributed by atoms with Crippen LogP contribution in [0.1, 0.15) is 24.1 Å². The molecule has 2 atom stereocenters. The molecule has 0 radical (unpaired) electrons. The van der Waals surface area contributed by atoms with Gasteiger partial charge in [0.25, 0.3) is 0 Å². The fourth-order valence-corrected chi connectivity index (χ4v) is 3.52. The number of aromatic nitrogens is 3. The molecule has 152 valence electrons. The number of fused-ring (bicyclic) bond motifs is 1. The van der Waals surface area contributed by atoms with E-state index in [1.165, 1.54) is 14.2 Å². The minimum atomic E-state index is -4.44. The third-order valence-corrected chi connectivity index (χ3v) is 4.96. The topological polar surface area (TPSA) is 61.2 Å². The Bertz CT molecular complexity index is 1000. The minimum absolute atomic E-state index is 0.194. The molecule has 6 nitrogen and oxygen atoms in total. The van der Waals surface area contributed by atoms with Crippen molar-refractivity contribution in [1.82, 2.24) is 14.8 Å². The van der Waals surface area contributed by atoms with Crippen molar-refractivity contribution in [2.75, 3.05) is 19.5 Å². The number of hydrogen-bond acceptors (Lipinski definition) is 5. The summed E-state index contributed by atoms with van der Waals surface area (Å²) in [6.45, 7) is 0. The van der Waals surface area contributed by atoms with Crippen molar-refractivity contribution < 1.29 is 22.6 Å². The molecule has 3 heterocycles. The van der Waals surface area contributed by atoms with Crippen LogP contribution < -0.4 is 14.8 Å². The van der Waals surface area contributed by atoms with Gasteiger partial charge in [-0.15, -0.1) is 0 Å². The van der Waals surface area contributed by atoms with Crippen molar-refractivity contribution in [2.24, 2.45) is 0 Å². The predicted octanol–water partition coefficient (Wildman–Crippen LogP) is 4.62. The van der Waals surface area contributed by atoms with Crippen LogP contribution in [0.15, 0.2) is 48.8 Å². The quantitative estimate of drug-likeness (QED) is 0.688. The van der Waals surface area contributed by atoms with Crippen molar-refractivity contribution >= 4 is 5.82 Å². The molecule has 0 bridgehead atoms. The van der Waals surface area contributed by atoms with Crippen molar-refractivity contribution in [3.63, 3.8) is 0 Å². The fraction of sp³-hybridized carbons (Fsp3) is 0.300. The van der Waals surface area contributed by atoms with E-state index in [4.69, 9.17) is 9.47 Å². The summed E-state index contributed by atoms with van der Waals surface area (Å²) in [4.78, 5) is 4.02. The first-order valence-corrected chi connectivity index (χ1v) is 8.96. The van der Waals surface area contributed by atoms with Crippen molar-refractivity contribution in [2.45, 2.75) is 24.7 Å². The highest BCUT2D eigenvalue weighted by molar-refractivity contribution is 5.63. The van der Waals surface area contributed by atoms with Crippen molar-refractivity contribution in [3.05, 3.63) is 54.4 Å². The van der Waals surface area contributed by atoms with Crippen LogP contribution in [0.3, 0.4) is 0 Å². The van der Waals surface area contributed by atoms with Crippen LogP contribution in [0.25, 0.3) is 11.3 Å². The highest BCUT2D eigenvalue weighted by atomic mass is 19.4. The maximum Gasteiger partial charge on any atom is 0.410 e. The Morgan fingerprint density at radius 3 is 2.55 bits per heavy atom. The van der Waals surface area contributed by atoms with Crippen LogP contribution in [-0.4, -0.2) is 35.2 Å². The SMILES string of the molecule is COc1ccc(C2CC(C(F)(F)F)n3nc(-c4cccnc4)cc3N2)cc1OC. The molecular formula is C20H19F3N4O2. The van der Waals surface area contributed by atoms with Gasteiger partial charge in [0.1, 0.15) is 5.82 Å². The van der Waals surface area contributed by atoms with Gasteiger partial charge in [-0.25, -0.2) is 4.68 Å². The Kier molecular flexibility index (Phi) is 4.81. The lowest BCUT2D eigenvalue weighted by molar-refractivity contribution is -0.173. The Morgan fingerprint density at radius 1 is 1.10 bits per heavy atom. The van der Waals surface area contributed by atoms with Gasteiger partial charge in [-0.2, -0.15) is 18.3 Å². The van der Waals surface area contributed by atoms with E-state index in [1.807, 2.05) is 0 Å². The summed E-state index contributed by atoms with van der Waals surface area (Å²) in [5, 5.41) is 7.39. The normalized spacial score (nSPS) is 18.7. The van der Waals surface area contributed by atoms with E-state index in [-0.39, 0.29) is 6.42 Å². The average Bonchev–Trinajstić information content (AvgIpc) is 3.16. The van der Waals surface area contributed by atoms with Crippen LogP contribution in [0.4, 0.5) is 19.0 Å². The van der Waals surface area contributed by atoms with Gasteiger partial charge in [-0.05, 0) is 29.8 Å². The largest absolute Gasteiger partial charge is 0.493 e. The summed E-state index contributed by atoms with van der Waals surface area (Å²) >= 11 is 0. The van der Waals surface area contributed by atoms with E-state index in [0.717, 1.165) is 4.68 Å². The number of halogens is 3. The number of rotatable bonds is 4. The lowest BCUT2D eigenvalue weighted by Gasteiger charge is -2.33. The number of hydrogen-bond donors (Lipinski definition) is 1. The predicted molar refractivity (Wildman–Crippen MR) is 101 cm³/mol. The second-order valence-electron chi connectivity index (χ2n) is 6.71. The number of methoxy groups -OCH3 is 2. The van der Waals surface area contributed by atoms with E-state index in [0.29, 0.717) is 34.1 Å². The molecule has 1 aliphatic heterocycles. The number of nitrogens with one attached hydrogen (secondary N) is 1. The van der Waals surface area contributed by atoms with Gasteiger partial charge in [0.15, 0.2) is 17.5 Å². The molecule has 0 fully saturated rings. The molecule has 0 aliphatic carbocycles. The number of pyridine rings is 1. The molecule has 1 aliphatic rings. The first-order valence-electron chi connectivity index (χ1n) is 8.96. The first kappa shape index (κ1) is 19.1. The summed E-state index contributed by atoms with van der Waals surface area (Å²) in [5.74, 6) is 1.28. The number of anilines is 1. The van der Waals surface area contributed by atoms with Gasteiger partial charge in [0, 0.05) is 30.4 Å². The molecule has 1 aromatic carbocycles. The summed E-state index contributed by atoms with van der Waals surface area (Å²) in [6.07, 6.45) is -1.46. The Labute approximate surface area is 165 Å². The van der Waals surface area contributed by atoms with Crippen molar-refractivity contribution in [1.29, 1.82) is 0 Å². The Balaban J connectivity index is 1.74. The number of nitrogens with zero attached hydrogens (tertiary/aromatic N) is 3. The summed E-state index contributed by atoms with van der Waals surface area (Å²) < 4.78 is 53.0. The zero-order valence-electron chi connectivity index (χ0n) is 15.8. The molecule has 1 N–H and O–H groups in total. The van der Waals surface area contributed by atoms with Crippen LogP contribution in [-0.2, 0) is 0 Å². The van der Waals surface area contributed by atoms with E-state index in [2.05, 4.69) is 15.4 Å². The standard InChI is InChI=1S/C20H19F3N4O2/c1-28-16-6-5-12(8-17(16)29-2)14-9-18(20(21,22)23)27-19(25-14)10-15(26-27)13-4-3-7-24-11-13/h3-8,10-11,14,18,25H,9H2,1-2H3. The number of ether oxygens (including phenoxy) is 2. The third kappa shape index (κ3) is 3.59. The molecule has 29 heavy (non-hydrogen) atoms. The monoisotopic (exact) mass is 404 g/mol. The average molecular weight is 404 g/mol. The van der Waals surface area contributed by atoms with Gasteiger partial charge in [-0.1, -0.05) is 6.07 Å². The maximum atomic E-state index is 13.8. The second-order valence-corrected chi connectivity index (χ2v) is 6.71. The summed E-state index contributed by atoms with van der Waals surface area (Å²) in [6, 6.07) is 7.89. The second kappa shape index (κ2) is 7.31. The lowest BCUT2D eigenvalue weighted by atomic mass is 9.96. The maximum absolute atomic E-state index is 13.8. The summed E-state index contributed by atoms with van der Waals surface area (Å²) in [5.41, 5.74) is 1.76. The molecule has 0 amide bonds. The zero-order valence-corrected chi connectivity index (χ0v) is 15.8. The van der Waals surface area contributed by atoms with E-state index < -0.39 is 18.3 Å². The molecular weight excluding hydrogens is 385 g/mol. The molecule has 0 spiro atoms. The lowest BCUT2D eigenvalue weighted by Crippen LogP contribution is -2.35. The molecule has 2 aromatic heterocycles. The van der Waals surface area contributed by atoms with Gasteiger partial charge in [0.05, 0.1) is 26.0 Å². The number of alkyl halides is 3. The van der Waals surface area contributed by atoms with E-state index in [9.17, 15) is 13.2 Å². The molecule has 4 rings (SSSR count). The highest BCUT2D eigenvalue weighted by Crippen LogP contribution is 2.45. The molecule has 0 saturated carbocycles. The van der Waals surface area contributed by atoms with Gasteiger partial charge in [-0.3, -0.25) is 4.98 Å². The summed E-state index contributed by atoms with van der Waals surface area (Å²) in [7, 11) is 3.00. The van der Waals surface area contributed by atoms with Gasteiger partial charge in [0.2, 0.25) is 0 Å². The third-order valence-electron chi connectivity index (χ3n) is 4.96. The van der Waals surface area contributed by atoms with Gasteiger partial charge >= 0.3 is 6.18 Å². The smallest absolute Gasteiger partial charge is 0.410 e. The molecule has 0 saturated heterocycles. The Morgan fingerprint density at radius 2 is 1.90 bits per heavy atom. The zero-order chi connectivity index (χ0) is 20.6. The number of benzene rings is 1. The minimum Gasteiger partial charge on any atom is -0.493 e. The van der Waals surface area contributed by atoms with E-state index in [1.54, 1.807) is 48.8 Å². The molecule has 3 aromatic rings. The highest BCUT2D eigenvalue weighted by Gasteiger charge is 2.46. The molecule has 2 unspecified atom stereocenters. The Hall–Kier alpha value is -3.23. The molecule has 9 heteroatoms. The van der Waals surface area contributed by atoms with Crippen LogP contribution in [0.5, 0.6) is 11.5 Å².